The first kappa shape index (κ1) is 18.1. The average Bonchev–Trinajstić information content (AvgIpc) is 3.36. The number of aromatic nitrogens is 3. The maximum atomic E-state index is 13.5. The Morgan fingerprint density at radius 2 is 2.07 bits per heavy atom. The van der Waals surface area contributed by atoms with Crippen molar-refractivity contribution in [1.82, 2.24) is 20.3 Å². The van der Waals surface area contributed by atoms with E-state index in [1.165, 1.54) is 24.4 Å². The zero-order chi connectivity index (χ0) is 19.7. The van der Waals surface area contributed by atoms with E-state index < -0.39 is 0 Å². The van der Waals surface area contributed by atoms with Crippen LogP contribution >= 0.6 is 0 Å². The molecule has 1 amide bonds. The highest BCUT2D eigenvalue weighted by molar-refractivity contribution is 6.14. The third-order valence-electron chi connectivity index (χ3n) is 5.09. The van der Waals surface area contributed by atoms with Crippen molar-refractivity contribution in [2.75, 3.05) is 12.4 Å². The molecule has 1 aliphatic rings. The van der Waals surface area contributed by atoms with Gasteiger partial charge in [0.25, 0.3) is 5.91 Å². The van der Waals surface area contributed by atoms with Crippen molar-refractivity contribution in [3.8, 4) is 0 Å². The van der Waals surface area contributed by atoms with Crippen LogP contribution in [0.2, 0.25) is 0 Å². The SMILES string of the molecule is CNc1cc(F)ccc1C(=N)c1cnc2[nH]cc(C(=O)NC3CCCC3)c2n1. The summed E-state index contributed by atoms with van der Waals surface area (Å²) >= 11 is 0. The van der Waals surface area contributed by atoms with Crippen LogP contribution in [0.4, 0.5) is 10.1 Å². The van der Waals surface area contributed by atoms with Crippen molar-refractivity contribution in [3.05, 3.63) is 53.2 Å². The van der Waals surface area contributed by atoms with E-state index in [4.69, 9.17) is 5.41 Å². The zero-order valence-electron chi connectivity index (χ0n) is 15.5. The number of carbonyl (C=O) groups is 1. The van der Waals surface area contributed by atoms with Gasteiger partial charge in [0.05, 0.1) is 17.5 Å². The minimum atomic E-state index is -0.390. The molecule has 0 atom stereocenters. The van der Waals surface area contributed by atoms with E-state index in [1.54, 1.807) is 13.2 Å². The van der Waals surface area contributed by atoms with E-state index in [9.17, 15) is 9.18 Å². The Morgan fingerprint density at radius 3 is 2.82 bits per heavy atom. The number of aromatic amines is 1. The highest BCUT2D eigenvalue weighted by Gasteiger charge is 2.22. The number of carbonyl (C=O) groups excluding carboxylic acids is 1. The summed E-state index contributed by atoms with van der Waals surface area (Å²) in [5.41, 5.74) is 2.72. The van der Waals surface area contributed by atoms with Gasteiger partial charge in [-0.15, -0.1) is 0 Å². The fraction of sp³-hybridized carbons (Fsp3) is 0.300. The lowest BCUT2D eigenvalue weighted by atomic mass is 10.1. The van der Waals surface area contributed by atoms with Gasteiger partial charge in [-0.3, -0.25) is 10.2 Å². The number of nitrogens with zero attached hydrogens (tertiary/aromatic N) is 2. The number of fused-ring (bicyclic) bond motifs is 1. The van der Waals surface area contributed by atoms with Crippen molar-refractivity contribution in [1.29, 1.82) is 5.41 Å². The lowest BCUT2D eigenvalue weighted by molar-refractivity contribution is 0.0939. The van der Waals surface area contributed by atoms with Crippen molar-refractivity contribution in [2.45, 2.75) is 31.7 Å². The van der Waals surface area contributed by atoms with Crippen LogP contribution in [0.15, 0.2) is 30.6 Å². The van der Waals surface area contributed by atoms with Crippen LogP contribution in [0.5, 0.6) is 0 Å². The maximum absolute atomic E-state index is 13.5. The Balaban J connectivity index is 1.67. The lowest BCUT2D eigenvalue weighted by Crippen LogP contribution is -2.32. The number of hydrogen-bond acceptors (Lipinski definition) is 5. The zero-order valence-corrected chi connectivity index (χ0v) is 15.5. The topological polar surface area (TPSA) is 107 Å². The Hall–Kier alpha value is -3.29. The van der Waals surface area contributed by atoms with Gasteiger partial charge in [-0.1, -0.05) is 12.8 Å². The molecule has 4 rings (SSSR count). The normalized spacial score (nSPS) is 14.4. The molecule has 4 N–H and O–H groups in total. The van der Waals surface area contributed by atoms with Crippen LogP contribution in [0.3, 0.4) is 0 Å². The van der Waals surface area contributed by atoms with Crippen LogP contribution in [-0.2, 0) is 0 Å². The lowest BCUT2D eigenvalue weighted by Gasteiger charge is -2.11. The molecule has 28 heavy (non-hydrogen) atoms. The largest absolute Gasteiger partial charge is 0.387 e. The quantitative estimate of drug-likeness (QED) is 0.510. The first-order valence-corrected chi connectivity index (χ1v) is 9.28. The smallest absolute Gasteiger partial charge is 0.255 e. The Labute approximate surface area is 161 Å². The van der Waals surface area contributed by atoms with Gasteiger partial charge in [0, 0.05) is 30.5 Å². The number of benzene rings is 1. The van der Waals surface area contributed by atoms with Gasteiger partial charge in [-0.25, -0.2) is 14.4 Å². The molecule has 0 unspecified atom stereocenters. The summed E-state index contributed by atoms with van der Waals surface area (Å²) in [4.78, 5) is 24.4. The van der Waals surface area contributed by atoms with Crippen LogP contribution in [0.25, 0.3) is 11.2 Å². The van der Waals surface area contributed by atoms with Crippen molar-refractivity contribution >= 4 is 28.5 Å². The summed E-state index contributed by atoms with van der Waals surface area (Å²) < 4.78 is 13.5. The first-order chi connectivity index (χ1) is 13.6. The van der Waals surface area contributed by atoms with Gasteiger partial charge in [0.1, 0.15) is 17.0 Å². The summed E-state index contributed by atoms with van der Waals surface area (Å²) in [6.07, 6.45) is 7.32. The van der Waals surface area contributed by atoms with Gasteiger partial charge in [0.15, 0.2) is 5.65 Å². The van der Waals surface area contributed by atoms with E-state index in [2.05, 4.69) is 25.6 Å². The monoisotopic (exact) mass is 380 g/mol. The molecule has 2 aromatic heterocycles. The summed E-state index contributed by atoms with van der Waals surface area (Å²) in [7, 11) is 1.66. The summed E-state index contributed by atoms with van der Waals surface area (Å²) in [6.45, 7) is 0. The Morgan fingerprint density at radius 1 is 1.29 bits per heavy atom. The Bertz CT molecular complexity index is 1050. The number of anilines is 1. The number of amides is 1. The van der Waals surface area contributed by atoms with Crippen LogP contribution in [-0.4, -0.2) is 39.7 Å². The summed E-state index contributed by atoms with van der Waals surface area (Å²) in [6, 6.07) is 4.35. The average molecular weight is 380 g/mol. The molecule has 0 saturated heterocycles. The number of nitrogens with one attached hydrogen (secondary N) is 4. The molecule has 144 valence electrons. The highest BCUT2D eigenvalue weighted by Crippen LogP contribution is 2.22. The van der Waals surface area contributed by atoms with Crippen molar-refractivity contribution in [3.63, 3.8) is 0 Å². The number of rotatable bonds is 5. The molecular weight excluding hydrogens is 359 g/mol. The second-order valence-electron chi connectivity index (χ2n) is 6.92. The van der Waals surface area contributed by atoms with Crippen LogP contribution in [0.1, 0.15) is 47.3 Å². The van der Waals surface area contributed by atoms with Crippen molar-refractivity contribution in [2.24, 2.45) is 0 Å². The molecule has 8 heteroatoms. The molecule has 0 bridgehead atoms. The molecule has 0 radical (unpaired) electrons. The van der Waals surface area contributed by atoms with Gasteiger partial charge >= 0.3 is 0 Å². The standard InChI is InChI=1S/C20H21FN6O/c1-23-15-8-11(21)6-7-13(15)17(22)16-10-25-19-18(27-16)14(9-24-19)20(28)26-12-4-2-3-5-12/h6-10,12,22-23H,2-5H2,1H3,(H,24,25)(H,26,28). The van der Waals surface area contributed by atoms with E-state index >= 15 is 0 Å². The minimum Gasteiger partial charge on any atom is -0.387 e. The molecule has 1 saturated carbocycles. The molecule has 3 aromatic rings. The predicted molar refractivity (Wildman–Crippen MR) is 105 cm³/mol. The predicted octanol–water partition coefficient (Wildman–Crippen LogP) is 3.23. The molecular formula is C20H21FN6O. The molecule has 0 aliphatic heterocycles. The van der Waals surface area contributed by atoms with E-state index in [0.29, 0.717) is 33.7 Å². The molecule has 1 aromatic carbocycles. The van der Waals surface area contributed by atoms with Gasteiger partial charge < -0.3 is 15.6 Å². The molecule has 1 fully saturated rings. The maximum Gasteiger partial charge on any atom is 0.255 e. The summed E-state index contributed by atoms with van der Waals surface area (Å²) in [5.74, 6) is -0.576. The Kier molecular flexibility index (Phi) is 4.77. The van der Waals surface area contributed by atoms with Crippen LogP contribution in [0, 0.1) is 11.2 Å². The van der Waals surface area contributed by atoms with Crippen molar-refractivity contribution < 1.29 is 9.18 Å². The second-order valence-corrected chi connectivity index (χ2v) is 6.92. The third-order valence-corrected chi connectivity index (χ3v) is 5.09. The molecule has 2 heterocycles. The van der Waals surface area contributed by atoms with E-state index in [-0.39, 0.29) is 23.5 Å². The van der Waals surface area contributed by atoms with Gasteiger partial charge in [0.2, 0.25) is 0 Å². The highest BCUT2D eigenvalue weighted by atomic mass is 19.1. The van der Waals surface area contributed by atoms with Gasteiger partial charge in [-0.05, 0) is 31.0 Å². The van der Waals surface area contributed by atoms with E-state index in [1.807, 2.05) is 0 Å². The first-order valence-electron chi connectivity index (χ1n) is 9.28. The number of hydrogen-bond donors (Lipinski definition) is 4. The number of halogens is 1. The second kappa shape index (κ2) is 7.38. The minimum absolute atomic E-state index is 0.0992. The van der Waals surface area contributed by atoms with Gasteiger partial charge in [-0.2, -0.15) is 0 Å². The molecule has 0 spiro atoms. The fourth-order valence-corrected chi connectivity index (χ4v) is 3.60. The van der Waals surface area contributed by atoms with Crippen LogP contribution < -0.4 is 10.6 Å². The molecule has 7 nitrogen and oxygen atoms in total. The van der Waals surface area contributed by atoms with E-state index in [0.717, 1.165) is 25.7 Å². The third kappa shape index (κ3) is 3.33. The fourth-order valence-electron chi connectivity index (χ4n) is 3.60. The summed E-state index contributed by atoms with van der Waals surface area (Å²) in [5, 5.41) is 14.4. The molecule has 1 aliphatic carbocycles. The number of H-pyrrole nitrogens is 1.